The van der Waals surface area contributed by atoms with Gasteiger partial charge in [0, 0.05) is 17.4 Å². The van der Waals surface area contributed by atoms with Crippen molar-refractivity contribution < 1.29 is 14.4 Å². The first-order valence-corrected chi connectivity index (χ1v) is 7.29. The minimum atomic E-state index is -0.479. The molecule has 108 valence electrons. The summed E-state index contributed by atoms with van der Waals surface area (Å²) in [5.74, 6) is 0. The number of hydrogen-bond acceptors (Lipinski definition) is 7. The van der Waals surface area contributed by atoms with E-state index in [-0.39, 0.29) is 23.6 Å². The number of benzene rings is 1. The van der Waals surface area contributed by atoms with E-state index in [2.05, 4.69) is 10.3 Å². The molecule has 0 bridgehead atoms. The van der Waals surface area contributed by atoms with Crippen LogP contribution < -0.4 is 5.32 Å². The maximum Gasteiger partial charge on any atom is 0.295 e. The summed E-state index contributed by atoms with van der Waals surface area (Å²) >= 11 is 1.54. The third-order valence-corrected chi connectivity index (χ3v) is 4.14. The summed E-state index contributed by atoms with van der Waals surface area (Å²) in [6, 6.07) is 4.52. The minimum Gasteiger partial charge on any atom is -0.423 e. The highest BCUT2D eigenvalue weighted by Crippen LogP contribution is 2.24. The van der Waals surface area contributed by atoms with Crippen LogP contribution in [0.2, 0.25) is 0 Å². The number of hydrogen-bond donors (Lipinski definition) is 2. The second kappa shape index (κ2) is 6.10. The summed E-state index contributed by atoms with van der Waals surface area (Å²) < 4.78 is 5.45. The Labute approximate surface area is 119 Å². The number of oxazole rings is 1. The number of thioether (sulfide) groups is 1. The fraction of sp³-hybridized carbons (Fsp3) is 0.417. The van der Waals surface area contributed by atoms with Gasteiger partial charge < -0.3 is 14.8 Å². The number of nitro benzene ring substituents is 1. The largest absolute Gasteiger partial charge is 0.423 e. The molecule has 2 rings (SSSR count). The van der Waals surface area contributed by atoms with E-state index in [9.17, 15) is 15.2 Å². The van der Waals surface area contributed by atoms with E-state index in [1.54, 1.807) is 6.07 Å². The molecule has 20 heavy (non-hydrogen) atoms. The molecule has 2 aromatic rings. The first kappa shape index (κ1) is 14.6. The Morgan fingerprint density at radius 1 is 1.60 bits per heavy atom. The van der Waals surface area contributed by atoms with Crippen molar-refractivity contribution in [1.82, 2.24) is 4.98 Å². The molecule has 1 aromatic carbocycles. The fourth-order valence-electron chi connectivity index (χ4n) is 1.81. The first-order chi connectivity index (χ1) is 9.55. The van der Waals surface area contributed by atoms with Gasteiger partial charge in [0.2, 0.25) is 0 Å². The van der Waals surface area contributed by atoms with Crippen molar-refractivity contribution in [2.24, 2.45) is 0 Å². The third kappa shape index (κ3) is 3.02. The summed E-state index contributed by atoms with van der Waals surface area (Å²) in [7, 11) is 0. The highest BCUT2D eigenvalue weighted by molar-refractivity contribution is 7.99. The molecule has 7 nitrogen and oxygen atoms in total. The van der Waals surface area contributed by atoms with Crippen molar-refractivity contribution >= 4 is 34.6 Å². The Bertz CT molecular complexity index is 612. The van der Waals surface area contributed by atoms with Crippen molar-refractivity contribution in [1.29, 1.82) is 0 Å². The van der Waals surface area contributed by atoms with Gasteiger partial charge in [0.05, 0.1) is 17.6 Å². The van der Waals surface area contributed by atoms with Gasteiger partial charge in [0.25, 0.3) is 11.7 Å². The first-order valence-electron chi connectivity index (χ1n) is 6.00. The van der Waals surface area contributed by atoms with Crippen LogP contribution in [-0.4, -0.2) is 39.2 Å². The molecule has 2 atom stereocenters. The summed E-state index contributed by atoms with van der Waals surface area (Å²) in [6.45, 7) is 1.95. The molecule has 8 heteroatoms. The van der Waals surface area contributed by atoms with E-state index in [4.69, 9.17) is 4.42 Å². The molecule has 2 unspecified atom stereocenters. The van der Waals surface area contributed by atoms with Gasteiger partial charge in [-0.2, -0.15) is 16.7 Å². The second-order valence-electron chi connectivity index (χ2n) is 4.32. The van der Waals surface area contributed by atoms with E-state index < -0.39 is 4.92 Å². The van der Waals surface area contributed by atoms with Crippen molar-refractivity contribution in [2.75, 3.05) is 18.2 Å². The van der Waals surface area contributed by atoms with Gasteiger partial charge >= 0.3 is 0 Å². The van der Waals surface area contributed by atoms with Crippen LogP contribution in [0.25, 0.3) is 11.1 Å². The maximum atomic E-state index is 10.7. The molecule has 0 aliphatic heterocycles. The zero-order valence-corrected chi connectivity index (χ0v) is 11.9. The minimum absolute atomic E-state index is 0.0133. The van der Waals surface area contributed by atoms with Crippen molar-refractivity contribution in [2.45, 2.75) is 18.2 Å². The van der Waals surface area contributed by atoms with Crippen molar-refractivity contribution in [3.63, 3.8) is 0 Å². The number of non-ortho nitro benzene ring substituents is 1. The van der Waals surface area contributed by atoms with Crippen LogP contribution in [0.3, 0.4) is 0 Å². The van der Waals surface area contributed by atoms with Crippen LogP contribution >= 0.6 is 11.8 Å². The molecule has 2 N–H and O–H groups in total. The highest BCUT2D eigenvalue weighted by atomic mass is 32.2. The van der Waals surface area contributed by atoms with E-state index in [0.717, 1.165) is 0 Å². The lowest BCUT2D eigenvalue weighted by Crippen LogP contribution is -2.31. The summed E-state index contributed by atoms with van der Waals surface area (Å²) in [5.41, 5.74) is 0.874. The van der Waals surface area contributed by atoms with Crippen LogP contribution in [0, 0.1) is 10.1 Å². The predicted molar refractivity (Wildman–Crippen MR) is 78.1 cm³/mol. The Balaban J connectivity index is 2.21. The number of nitro groups is 1. The van der Waals surface area contributed by atoms with Crippen LogP contribution in [-0.2, 0) is 0 Å². The van der Waals surface area contributed by atoms with Gasteiger partial charge in [0.15, 0.2) is 5.58 Å². The topological polar surface area (TPSA) is 101 Å². The zero-order chi connectivity index (χ0) is 14.7. The smallest absolute Gasteiger partial charge is 0.295 e. The Morgan fingerprint density at radius 2 is 2.35 bits per heavy atom. The molecule has 1 aromatic heterocycles. The number of aliphatic hydroxyl groups is 1. The third-order valence-electron chi connectivity index (χ3n) is 2.97. The Morgan fingerprint density at radius 3 is 2.95 bits per heavy atom. The quantitative estimate of drug-likeness (QED) is 0.623. The van der Waals surface area contributed by atoms with Gasteiger partial charge in [-0.25, -0.2) is 0 Å². The standard InChI is InChI=1S/C12H15N3O4S/c1-7(11(6-16)20-2)13-12-14-9-4-3-8(15(17)18)5-10(9)19-12/h3-5,7,11,16H,6H2,1-2H3,(H,13,14). The average molecular weight is 297 g/mol. The van der Waals surface area contributed by atoms with E-state index in [0.29, 0.717) is 17.1 Å². The van der Waals surface area contributed by atoms with Crippen molar-refractivity contribution in [3.8, 4) is 0 Å². The summed E-state index contributed by atoms with van der Waals surface area (Å²) in [4.78, 5) is 14.4. The molecule has 0 aliphatic carbocycles. The average Bonchev–Trinajstić information content (AvgIpc) is 2.80. The monoisotopic (exact) mass is 297 g/mol. The molecule has 1 heterocycles. The van der Waals surface area contributed by atoms with Crippen LogP contribution in [0.1, 0.15) is 6.92 Å². The number of nitrogens with zero attached hydrogens (tertiary/aromatic N) is 2. The van der Waals surface area contributed by atoms with Gasteiger partial charge in [-0.05, 0) is 19.2 Å². The number of nitrogens with one attached hydrogen (secondary N) is 1. The van der Waals surface area contributed by atoms with Crippen molar-refractivity contribution in [3.05, 3.63) is 28.3 Å². The van der Waals surface area contributed by atoms with Gasteiger partial charge in [0.1, 0.15) is 5.52 Å². The predicted octanol–water partition coefficient (Wildman–Crippen LogP) is 2.26. The van der Waals surface area contributed by atoms with Crippen LogP contribution in [0.15, 0.2) is 22.6 Å². The van der Waals surface area contributed by atoms with E-state index in [1.807, 2.05) is 13.2 Å². The van der Waals surface area contributed by atoms with E-state index >= 15 is 0 Å². The number of rotatable bonds is 6. The lowest BCUT2D eigenvalue weighted by molar-refractivity contribution is -0.384. The number of aromatic nitrogens is 1. The molecule has 0 amide bonds. The molecular formula is C12H15N3O4S. The maximum absolute atomic E-state index is 10.7. The number of anilines is 1. The lowest BCUT2D eigenvalue weighted by atomic mass is 10.2. The molecule has 0 aliphatic rings. The number of fused-ring (bicyclic) bond motifs is 1. The van der Waals surface area contributed by atoms with Gasteiger partial charge in [-0.3, -0.25) is 10.1 Å². The summed E-state index contributed by atoms with van der Waals surface area (Å²) in [6.07, 6.45) is 1.91. The molecule has 0 fully saturated rings. The molecule has 0 spiro atoms. The van der Waals surface area contributed by atoms with E-state index in [1.165, 1.54) is 23.9 Å². The molecular weight excluding hydrogens is 282 g/mol. The SMILES string of the molecule is CSC(CO)C(C)Nc1nc2ccc([N+](=O)[O-])cc2o1. The molecule has 0 radical (unpaired) electrons. The second-order valence-corrected chi connectivity index (χ2v) is 5.39. The van der Waals surface area contributed by atoms with Crippen LogP contribution in [0.5, 0.6) is 0 Å². The normalized spacial score (nSPS) is 14.2. The molecule has 0 saturated heterocycles. The number of aliphatic hydroxyl groups excluding tert-OH is 1. The zero-order valence-electron chi connectivity index (χ0n) is 11.1. The fourth-order valence-corrected chi connectivity index (χ4v) is 2.44. The summed E-state index contributed by atoms with van der Waals surface area (Å²) in [5, 5.41) is 23.0. The van der Waals surface area contributed by atoms with Gasteiger partial charge in [-0.1, -0.05) is 0 Å². The van der Waals surface area contributed by atoms with Gasteiger partial charge in [-0.15, -0.1) is 0 Å². The highest BCUT2D eigenvalue weighted by Gasteiger charge is 2.18. The Kier molecular flexibility index (Phi) is 4.46. The Hall–Kier alpha value is -1.80. The lowest BCUT2D eigenvalue weighted by Gasteiger charge is -2.19. The van der Waals surface area contributed by atoms with Crippen LogP contribution in [0.4, 0.5) is 11.7 Å². The molecule has 0 saturated carbocycles.